The van der Waals surface area contributed by atoms with Crippen LogP contribution in [-0.4, -0.2) is 25.7 Å². The Morgan fingerprint density at radius 3 is 2.38 bits per heavy atom. The van der Waals surface area contributed by atoms with E-state index in [-0.39, 0.29) is 6.10 Å². The predicted molar refractivity (Wildman–Crippen MR) is 69.2 cm³/mol. The number of benzene rings is 1. The van der Waals surface area contributed by atoms with Crippen LogP contribution in [0, 0.1) is 0 Å². The highest BCUT2D eigenvalue weighted by Crippen LogP contribution is 2.16. The van der Waals surface area contributed by atoms with Crippen molar-refractivity contribution in [2.75, 3.05) is 25.0 Å². The number of anilines is 1. The maximum atomic E-state index is 5.57. The molecule has 0 bridgehead atoms. The Kier molecular flexibility index (Phi) is 5.72. The Morgan fingerprint density at radius 1 is 1.12 bits per heavy atom. The van der Waals surface area contributed by atoms with Gasteiger partial charge in [0.05, 0.1) is 6.10 Å². The Labute approximate surface area is 98.2 Å². The van der Waals surface area contributed by atoms with Crippen LogP contribution in [0.1, 0.15) is 20.8 Å². The van der Waals surface area contributed by atoms with E-state index in [1.807, 2.05) is 38.1 Å². The molecule has 16 heavy (non-hydrogen) atoms. The summed E-state index contributed by atoms with van der Waals surface area (Å²) >= 11 is 0. The molecule has 0 fully saturated rings. The van der Waals surface area contributed by atoms with E-state index in [9.17, 15) is 0 Å². The van der Waals surface area contributed by atoms with Gasteiger partial charge >= 0.3 is 0 Å². The van der Waals surface area contributed by atoms with Crippen molar-refractivity contribution in [3.63, 3.8) is 0 Å². The van der Waals surface area contributed by atoms with Crippen LogP contribution in [0.4, 0.5) is 5.69 Å². The van der Waals surface area contributed by atoms with E-state index < -0.39 is 0 Å². The topological polar surface area (TPSA) is 33.3 Å². The fraction of sp³-hybridized carbons (Fsp3) is 0.538. The molecule has 0 aliphatic heterocycles. The molecule has 0 saturated carbocycles. The van der Waals surface area contributed by atoms with E-state index in [0.29, 0.717) is 0 Å². The maximum absolute atomic E-state index is 5.57. The van der Waals surface area contributed by atoms with Crippen molar-refractivity contribution in [2.24, 2.45) is 0 Å². The van der Waals surface area contributed by atoms with Crippen molar-refractivity contribution < 1.29 is 4.74 Å². The largest absolute Gasteiger partial charge is 0.491 e. The van der Waals surface area contributed by atoms with Crippen molar-refractivity contribution in [3.8, 4) is 5.75 Å². The summed E-state index contributed by atoms with van der Waals surface area (Å²) in [7, 11) is 0. The standard InChI is InChI=1S/C13H22N2O/c1-4-14-9-10-15-12-5-7-13(8-6-12)16-11(2)3/h5-8,11,14-15H,4,9-10H2,1-3H3. The van der Waals surface area contributed by atoms with Gasteiger partial charge in [0.15, 0.2) is 0 Å². The van der Waals surface area contributed by atoms with Crippen molar-refractivity contribution >= 4 is 5.69 Å². The third kappa shape index (κ3) is 5.03. The number of hydrogen-bond acceptors (Lipinski definition) is 3. The van der Waals surface area contributed by atoms with E-state index >= 15 is 0 Å². The monoisotopic (exact) mass is 222 g/mol. The van der Waals surface area contributed by atoms with Gasteiger partial charge in [-0.05, 0) is 44.7 Å². The molecule has 0 amide bonds. The summed E-state index contributed by atoms with van der Waals surface area (Å²) in [5.74, 6) is 0.923. The minimum atomic E-state index is 0.229. The van der Waals surface area contributed by atoms with Crippen molar-refractivity contribution in [1.82, 2.24) is 5.32 Å². The molecule has 0 radical (unpaired) electrons. The molecule has 0 aliphatic carbocycles. The Hall–Kier alpha value is -1.22. The normalized spacial score (nSPS) is 10.5. The molecular weight excluding hydrogens is 200 g/mol. The molecule has 0 atom stereocenters. The Morgan fingerprint density at radius 2 is 1.81 bits per heavy atom. The average molecular weight is 222 g/mol. The summed E-state index contributed by atoms with van der Waals surface area (Å²) in [6.07, 6.45) is 0.229. The summed E-state index contributed by atoms with van der Waals surface area (Å²) in [6.45, 7) is 9.12. The smallest absolute Gasteiger partial charge is 0.119 e. The van der Waals surface area contributed by atoms with E-state index in [4.69, 9.17) is 4.74 Å². The first-order chi connectivity index (χ1) is 7.72. The van der Waals surface area contributed by atoms with E-state index in [1.165, 1.54) is 0 Å². The fourth-order valence-electron chi connectivity index (χ4n) is 1.40. The average Bonchev–Trinajstić information content (AvgIpc) is 2.26. The van der Waals surface area contributed by atoms with Crippen LogP contribution in [0.25, 0.3) is 0 Å². The van der Waals surface area contributed by atoms with E-state index in [2.05, 4.69) is 17.6 Å². The second kappa shape index (κ2) is 7.12. The summed E-state index contributed by atoms with van der Waals surface area (Å²) in [6, 6.07) is 8.08. The second-order valence-electron chi connectivity index (χ2n) is 3.97. The SMILES string of the molecule is CCNCCNc1ccc(OC(C)C)cc1. The van der Waals surface area contributed by atoms with Gasteiger partial charge in [0, 0.05) is 18.8 Å². The zero-order chi connectivity index (χ0) is 11.8. The lowest BCUT2D eigenvalue weighted by atomic mass is 10.3. The summed E-state index contributed by atoms with van der Waals surface area (Å²) in [5.41, 5.74) is 1.13. The number of nitrogens with one attached hydrogen (secondary N) is 2. The highest BCUT2D eigenvalue weighted by molar-refractivity contribution is 5.46. The Balaban J connectivity index is 2.33. The van der Waals surface area contributed by atoms with Crippen LogP contribution in [-0.2, 0) is 0 Å². The number of rotatable bonds is 7. The van der Waals surface area contributed by atoms with Crippen molar-refractivity contribution in [3.05, 3.63) is 24.3 Å². The van der Waals surface area contributed by atoms with Crippen LogP contribution in [0.3, 0.4) is 0 Å². The molecule has 0 saturated heterocycles. The molecule has 3 nitrogen and oxygen atoms in total. The molecule has 1 rings (SSSR count). The van der Waals surface area contributed by atoms with E-state index in [0.717, 1.165) is 31.1 Å². The minimum Gasteiger partial charge on any atom is -0.491 e. The molecule has 0 aliphatic rings. The third-order valence-electron chi connectivity index (χ3n) is 2.11. The third-order valence-corrected chi connectivity index (χ3v) is 2.11. The highest BCUT2D eigenvalue weighted by atomic mass is 16.5. The van der Waals surface area contributed by atoms with Gasteiger partial charge in [-0.2, -0.15) is 0 Å². The van der Waals surface area contributed by atoms with Gasteiger partial charge in [0.1, 0.15) is 5.75 Å². The molecule has 90 valence electrons. The van der Waals surface area contributed by atoms with Gasteiger partial charge in [-0.1, -0.05) is 6.92 Å². The van der Waals surface area contributed by atoms with Gasteiger partial charge in [0.25, 0.3) is 0 Å². The van der Waals surface area contributed by atoms with Crippen LogP contribution in [0.2, 0.25) is 0 Å². The zero-order valence-corrected chi connectivity index (χ0v) is 10.4. The van der Waals surface area contributed by atoms with Gasteiger partial charge in [-0.15, -0.1) is 0 Å². The minimum absolute atomic E-state index is 0.229. The van der Waals surface area contributed by atoms with Crippen molar-refractivity contribution in [1.29, 1.82) is 0 Å². The predicted octanol–water partition coefficient (Wildman–Crippen LogP) is 2.50. The lowest BCUT2D eigenvalue weighted by Gasteiger charge is -2.11. The number of likely N-dealkylation sites (N-methyl/N-ethyl adjacent to an activating group) is 1. The lowest BCUT2D eigenvalue weighted by Crippen LogP contribution is -2.21. The first kappa shape index (κ1) is 12.8. The molecule has 1 aromatic carbocycles. The lowest BCUT2D eigenvalue weighted by molar-refractivity contribution is 0.242. The molecule has 2 N–H and O–H groups in total. The molecule has 0 heterocycles. The van der Waals surface area contributed by atoms with Crippen LogP contribution >= 0.6 is 0 Å². The molecule has 0 spiro atoms. The number of ether oxygens (including phenoxy) is 1. The van der Waals surface area contributed by atoms with Gasteiger partial charge in [-0.3, -0.25) is 0 Å². The molecule has 3 heteroatoms. The van der Waals surface area contributed by atoms with Crippen LogP contribution in [0.15, 0.2) is 24.3 Å². The second-order valence-corrected chi connectivity index (χ2v) is 3.97. The molecule has 0 unspecified atom stereocenters. The Bertz CT molecular complexity index is 282. The summed E-state index contributed by atoms with van der Waals surface area (Å²) < 4.78 is 5.57. The quantitative estimate of drug-likeness (QED) is 0.695. The van der Waals surface area contributed by atoms with Crippen LogP contribution in [0.5, 0.6) is 5.75 Å². The maximum Gasteiger partial charge on any atom is 0.119 e. The fourth-order valence-corrected chi connectivity index (χ4v) is 1.40. The van der Waals surface area contributed by atoms with E-state index in [1.54, 1.807) is 0 Å². The molecular formula is C13H22N2O. The summed E-state index contributed by atoms with van der Waals surface area (Å²) in [5, 5.41) is 6.61. The van der Waals surface area contributed by atoms with Crippen LogP contribution < -0.4 is 15.4 Å². The highest BCUT2D eigenvalue weighted by Gasteiger charge is 1.97. The first-order valence-electron chi connectivity index (χ1n) is 5.93. The van der Waals surface area contributed by atoms with Gasteiger partial charge in [0.2, 0.25) is 0 Å². The van der Waals surface area contributed by atoms with Gasteiger partial charge in [-0.25, -0.2) is 0 Å². The first-order valence-corrected chi connectivity index (χ1v) is 5.93. The summed E-state index contributed by atoms with van der Waals surface area (Å²) in [4.78, 5) is 0. The van der Waals surface area contributed by atoms with Gasteiger partial charge < -0.3 is 15.4 Å². The van der Waals surface area contributed by atoms with Crippen molar-refractivity contribution in [2.45, 2.75) is 26.9 Å². The molecule has 1 aromatic rings. The number of hydrogen-bond donors (Lipinski definition) is 2. The zero-order valence-electron chi connectivity index (χ0n) is 10.4. The molecule has 0 aromatic heterocycles.